The smallest absolute Gasteiger partial charge is 0.315 e. The van der Waals surface area contributed by atoms with Crippen molar-refractivity contribution in [2.24, 2.45) is 0 Å². The summed E-state index contributed by atoms with van der Waals surface area (Å²) in [7, 11) is 0. The third-order valence-corrected chi connectivity index (χ3v) is 5.66. The van der Waals surface area contributed by atoms with Crippen LogP contribution in [0.5, 0.6) is 0 Å². The Kier molecular flexibility index (Phi) is 6.19. The predicted octanol–water partition coefficient (Wildman–Crippen LogP) is 2.75. The Morgan fingerprint density at radius 2 is 2.45 bits per heavy atom. The van der Waals surface area contributed by atoms with Gasteiger partial charge in [0.05, 0.1) is 6.54 Å². The quantitative estimate of drug-likeness (QED) is 0.756. The minimum Gasteiger partial charge on any atom is -0.386 e. The standard InChI is InChI=1S/C14H22N2O2S2/c1-2-19-11-6-5-10(8-11)16-14(18)15-9-12(17)13-4-3-7-20-13/h3-4,7,10-12,17H,2,5-6,8-9H2,1H3,(H2,15,16,18). The molecule has 112 valence electrons. The molecule has 2 amide bonds. The Hall–Kier alpha value is -0.720. The lowest BCUT2D eigenvalue weighted by Gasteiger charge is -2.15. The zero-order valence-corrected chi connectivity index (χ0v) is 13.3. The van der Waals surface area contributed by atoms with Crippen LogP contribution in [0.4, 0.5) is 4.79 Å². The monoisotopic (exact) mass is 314 g/mol. The summed E-state index contributed by atoms with van der Waals surface area (Å²) in [6.07, 6.45) is 2.67. The van der Waals surface area contributed by atoms with Crippen molar-refractivity contribution in [1.82, 2.24) is 10.6 Å². The van der Waals surface area contributed by atoms with Crippen molar-refractivity contribution in [3.8, 4) is 0 Å². The van der Waals surface area contributed by atoms with Gasteiger partial charge < -0.3 is 15.7 Å². The van der Waals surface area contributed by atoms with Gasteiger partial charge in [-0.15, -0.1) is 11.3 Å². The van der Waals surface area contributed by atoms with Crippen LogP contribution in [-0.2, 0) is 0 Å². The van der Waals surface area contributed by atoms with Gasteiger partial charge in [-0.25, -0.2) is 4.79 Å². The molecule has 1 aliphatic carbocycles. The van der Waals surface area contributed by atoms with Crippen LogP contribution in [0.3, 0.4) is 0 Å². The average molecular weight is 314 g/mol. The van der Waals surface area contributed by atoms with Crippen LogP contribution in [0.25, 0.3) is 0 Å². The Morgan fingerprint density at radius 1 is 1.60 bits per heavy atom. The SMILES string of the molecule is CCSC1CCC(NC(=O)NCC(O)c2cccs2)C1. The second-order valence-electron chi connectivity index (χ2n) is 4.97. The largest absolute Gasteiger partial charge is 0.386 e. The van der Waals surface area contributed by atoms with Gasteiger partial charge >= 0.3 is 6.03 Å². The third-order valence-electron chi connectivity index (χ3n) is 3.45. The van der Waals surface area contributed by atoms with Crippen LogP contribution >= 0.6 is 23.1 Å². The highest BCUT2D eigenvalue weighted by Gasteiger charge is 2.25. The average Bonchev–Trinajstić information content (AvgIpc) is 3.08. The first kappa shape index (κ1) is 15.7. The summed E-state index contributed by atoms with van der Waals surface area (Å²) in [5.74, 6) is 1.14. The third kappa shape index (κ3) is 4.68. The van der Waals surface area contributed by atoms with Crippen LogP contribution in [0.2, 0.25) is 0 Å². The highest BCUT2D eigenvalue weighted by Crippen LogP contribution is 2.29. The molecule has 6 heteroatoms. The first-order valence-corrected chi connectivity index (χ1v) is 8.99. The molecule has 0 spiro atoms. The van der Waals surface area contributed by atoms with Crippen LogP contribution in [0.15, 0.2) is 17.5 Å². The van der Waals surface area contributed by atoms with Crippen LogP contribution < -0.4 is 10.6 Å². The van der Waals surface area contributed by atoms with Crippen molar-refractivity contribution < 1.29 is 9.90 Å². The topological polar surface area (TPSA) is 61.4 Å². The number of carbonyl (C=O) groups is 1. The highest BCUT2D eigenvalue weighted by molar-refractivity contribution is 7.99. The van der Waals surface area contributed by atoms with Crippen LogP contribution in [0, 0.1) is 0 Å². The fraction of sp³-hybridized carbons (Fsp3) is 0.643. The van der Waals surface area contributed by atoms with Crippen molar-refractivity contribution in [2.75, 3.05) is 12.3 Å². The molecule has 3 N–H and O–H groups in total. The molecule has 1 heterocycles. The molecule has 0 bridgehead atoms. The van der Waals surface area contributed by atoms with E-state index in [2.05, 4.69) is 17.6 Å². The van der Waals surface area contributed by atoms with E-state index < -0.39 is 6.10 Å². The van der Waals surface area contributed by atoms with E-state index in [1.54, 1.807) is 0 Å². The molecule has 1 aliphatic rings. The lowest BCUT2D eigenvalue weighted by molar-refractivity contribution is 0.176. The number of urea groups is 1. The van der Waals surface area contributed by atoms with Gasteiger partial charge in [0.15, 0.2) is 0 Å². The number of aliphatic hydroxyl groups excluding tert-OH is 1. The first-order chi connectivity index (χ1) is 9.69. The molecule has 1 aromatic rings. The molecule has 0 aromatic carbocycles. The zero-order chi connectivity index (χ0) is 14.4. The summed E-state index contributed by atoms with van der Waals surface area (Å²) in [6.45, 7) is 2.43. The van der Waals surface area contributed by atoms with Crippen molar-refractivity contribution in [3.63, 3.8) is 0 Å². The molecule has 3 unspecified atom stereocenters. The molecule has 0 aliphatic heterocycles. The number of thiophene rings is 1. The number of carbonyl (C=O) groups excluding carboxylic acids is 1. The van der Waals surface area contributed by atoms with Gasteiger partial charge in [0.25, 0.3) is 0 Å². The highest BCUT2D eigenvalue weighted by atomic mass is 32.2. The molecular weight excluding hydrogens is 292 g/mol. The van der Waals surface area contributed by atoms with Gasteiger partial charge in [0.1, 0.15) is 6.10 Å². The van der Waals surface area contributed by atoms with E-state index in [-0.39, 0.29) is 18.6 Å². The van der Waals surface area contributed by atoms with E-state index in [1.165, 1.54) is 17.8 Å². The maximum atomic E-state index is 11.8. The molecular formula is C14H22N2O2S2. The van der Waals surface area contributed by atoms with Crippen molar-refractivity contribution in [1.29, 1.82) is 0 Å². The molecule has 20 heavy (non-hydrogen) atoms. The lowest BCUT2D eigenvalue weighted by Crippen LogP contribution is -2.42. The maximum Gasteiger partial charge on any atom is 0.315 e. The fourth-order valence-corrected chi connectivity index (χ4v) is 4.32. The number of amides is 2. The minimum atomic E-state index is -0.618. The van der Waals surface area contributed by atoms with Crippen molar-refractivity contribution >= 4 is 29.1 Å². The molecule has 1 fully saturated rings. The number of hydrogen-bond acceptors (Lipinski definition) is 4. The van der Waals surface area contributed by atoms with Gasteiger partial charge in [-0.1, -0.05) is 13.0 Å². The molecule has 3 atom stereocenters. The number of hydrogen-bond donors (Lipinski definition) is 3. The number of nitrogens with one attached hydrogen (secondary N) is 2. The van der Waals surface area contributed by atoms with E-state index in [0.29, 0.717) is 5.25 Å². The Balaban J connectivity index is 1.66. The minimum absolute atomic E-state index is 0.173. The van der Waals surface area contributed by atoms with E-state index in [1.807, 2.05) is 29.3 Å². The zero-order valence-electron chi connectivity index (χ0n) is 11.7. The van der Waals surface area contributed by atoms with Crippen LogP contribution in [-0.4, -0.2) is 34.7 Å². The predicted molar refractivity (Wildman–Crippen MR) is 85.4 cm³/mol. The van der Waals surface area contributed by atoms with Gasteiger partial charge in [-0.3, -0.25) is 0 Å². The van der Waals surface area contributed by atoms with Crippen molar-refractivity contribution in [2.45, 2.75) is 43.6 Å². The Bertz CT molecular complexity index is 411. The summed E-state index contributed by atoms with van der Waals surface area (Å²) in [6, 6.07) is 3.87. The summed E-state index contributed by atoms with van der Waals surface area (Å²) < 4.78 is 0. The van der Waals surface area contributed by atoms with E-state index in [0.717, 1.165) is 23.5 Å². The van der Waals surface area contributed by atoms with E-state index in [9.17, 15) is 9.90 Å². The summed E-state index contributed by atoms with van der Waals surface area (Å²) >= 11 is 3.47. The number of rotatable bonds is 6. The second-order valence-corrected chi connectivity index (χ2v) is 7.53. The van der Waals surface area contributed by atoms with E-state index in [4.69, 9.17) is 0 Å². The molecule has 1 aromatic heterocycles. The van der Waals surface area contributed by atoms with Gasteiger partial charge in [0, 0.05) is 16.2 Å². The van der Waals surface area contributed by atoms with Gasteiger partial charge in [-0.2, -0.15) is 11.8 Å². The molecule has 4 nitrogen and oxygen atoms in total. The Labute approximate surface area is 128 Å². The van der Waals surface area contributed by atoms with Gasteiger partial charge in [0.2, 0.25) is 0 Å². The lowest BCUT2D eigenvalue weighted by atomic mass is 10.2. The molecule has 0 saturated heterocycles. The summed E-state index contributed by atoms with van der Waals surface area (Å²) in [4.78, 5) is 12.7. The molecule has 1 saturated carbocycles. The van der Waals surface area contributed by atoms with Gasteiger partial charge in [-0.05, 0) is 36.5 Å². The maximum absolute atomic E-state index is 11.8. The van der Waals surface area contributed by atoms with Crippen LogP contribution in [0.1, 0.15) is 37.2 Å². The number of thioether (sulfide) groups is 1. The Morgan fingerprint density at radius 3 is 3.15 bits per heavy atom. The van der Waals surface area contributed by atoms with E-state index >= 15 is 0 Å². The fourth-order valence-electron chi connectivity index (χ4n) is 2.47. The first-order valence-electron chi connectivity index (χ1n) is 7.06. The molecule has 0 radical (unpaired) electrons. The summed E-state index contributed by atoms with van der Waals surface area (Å²) in [5, 5.41) is 18.2. The molecule has 2 rings (SSSR count). The number of aliphatic hydroxyl groups is 1. The normalized spacial score (nSPS) is 23.5. The summed E-state index contributed by atoms with van der Waals surface area (Å²) in [5.41, 5.74) is 0. The second kappa shape index (κ2) is 7.90. The van der Waals surface area contributed by atoms with Crippen molar-refractivity contribution in [3.05, 3.63) is 22.4 Å².